The van der Waals surface area contributed by atoms with E-state index in [0.29, 0.717) is 11.4 Å². The van der Waals surface area contributed by atoms with E-state index in [-0.39, 0.29) is 18.4 Å². The van der Waals surface area contributed by atoms with Crippen LogP contribution in [0.1, 0.15) is 41.1 Å². The van der Waals surface area contributed by atoms with Crippen LogP contribution in [0.2, 0.25) is 0 Å². The van der Waals surface area contributed by atoms with Crippen molar-refractivity contribution in [2.24, 2.45) is 11.8 Å². The van der Waals surface area contributed by atoms with Crippen LogP contribution < -0.4 is 5.32 Å². The molecule has 156 valence electrons. The lowest BCUT2D eigenvalue weighted by Gasteiger charge is -2.35. The lowest BCUT2D eigenvalue weighted by molar-refractivity contribution is -0.121. The van der Waals surface area contributed by atoms with Crippen LogP contribution in [0.4, 0.5) is 0 Å². The highest BCUT2D eigenvalue weighted by atomic mass is 32.1. The van der Waals surface area contributed by atoms with Crippen molar-refractivity contribution in [2.75, 3.05) is 26.7 Å². The van der Waals surface area contributed by atoms with Gasteiger partial charge in [-0.2, -0.15) is 0 Å². The maximum atomic E-state index is 12.2. The lowest BCUT2D eigenvalue weighted by atomic mass is 9.91. The number of hydrogen-bond acceptors (Lipinski definition) is 4. The van der Waals surface area contributed by atoms with E-state index in [1.54, 1.807) is 13.1 Å². The minimum Gasteiger partial charge on any atom is -0.350 e. The molecule has 29 heavy (non-hydrogen) atoms. The summed E-state index contributed by atoms with van der Waals surface area (Å²) in [4.78, 5) is 29.0. The summed E-state index contributed by atoms with van der Waals surface area (Å²) >= 11 is 1.38. The molecule has 2 aromatic rings. The third-order valence-electron chi connectivity index (χ3n) is 5.32. The zero-order valence-corrected chi connectivity index (χ0v) is 18.4. The van der Waals surface area contributed by atoms with Gasteiger partial charge in [-0.25, -0.2) is 0 Å². The van der Waals surface area contributed by atoms with Crippen molar-refractivity contribution in [1.29, 1.82) is 0 Å². The Balaban J connectivity index is 1.43. The van der Waals surface area contributed by atoms with Crippen molar-refractivity contribution in [2.45, 2.75) is 33.4 Å². The molecule has 0 radical (unpaired) electrons. The molecule has 1 saturated heterocycles. The number of benzene rings is 1. The normalized spacial score (nSPS) is 19.7. The number of rotatable bonds is 7. The Kier molecular flexibility index (Phi) is 7.45. The predicted octanol–water partition coefficient (Wildman–Crippen LogP) is 3.61. The van der Waals surface area contributed by atoms with Crippen molar-refractivity contribution >= 4 is 23.2 Å². The molecule has 0 aliphatic carbocycles. The fourth-order valence-corrected chi connectivity index (χ4v) is 4.79. The zero-order valence-electron chi connectivity index (χ0n) is 17.6. The Morgan fingerprint density at radius 2 is 1.76 bits per heavy atom. The summed E-state index contributed by atoms with van der Waals surface area (Å²) in [6, 6.07) is 12.1. The number of nitrogens with one attached hydrogen (secondary N) is 1. The highest BCUT2D eigenvalue weighted by molar-refractivity contribution is 7.12. The molecular formula is C23H31N3O2S. The first-order valence-corrected chi connectivity index (χ1v) is 11.1. The van der Waals surface area contributed by atoms with Gasteiger partial charge in [0.05, 0.1) is 11.4 Å². The average molecular weight is 414 g/mol. The molecule has 6 heteroatoms. The summed E-state index contributed by atoms with van der Waals surface area (Å²) in [6.45, 7) is 8.51. The molecule has 1 aliphatic rings. The largest absolute Gasteiger partial charge is 0.350 e. The number of nitrogens with zero attached hydrogens (tertiary/aromatic N) is 2. The smallest absolute Gasteiger partial charge is 0.264 e. The average Bonchev–Trinajstić information content (AvgIpc) is 3.20. The van der Waals surface area contributed by atoms with Gasteiger partial charge in [-0.1, -0.05) is 44.2 Å². The molecule has 2 amide bonds. The third-order valence-corrected chi connectivity index (χ3v) is 6.18. The van der Waals surface area contributed by atoms with Crippen LogP contribution in [0.5, 0.6) is 0 Å². The van der Waals surface area contributed by atoms with Crippen LogP contribution in [0.15, 0.2) is 41.8 Å². The van der Waals surface area contributed by atoms with Crippen LogP contribution in [-0.2, 0) is 17.9 Å². The lowest BCUT2D eigenvalue weighted by Crippen LogP contribution is -2.38. The van der Waals surface area contributed by atoms with Gasteiger partial charge >= 0.3 is 0 Å². The maximum absolute atomic E-state index is 12.2. The van der Waals surface area contributed by atoms with Gasteiger partial charge in [0.1, 0.15) is 0 Å². The standard InChI is InChI=1S/C23H31N3O2S/c1-17-11-18(2)14-26(13-17)15-20-8-6-19(7-9-20)12-24-22(27)16-25(3)23(28)21-5-4-10-29-21/h4-10,17-18H,11-16H2,1-3H3,(H,24,27)/t17-,18+. The number of likely N-dealkylation sites (tertiary alicyclic amines) is 1. The van der Waals surface area contributed by atoms with Gasteiger partial charge in [-0.05, 0) is 40.8 Å². The van der Waals surface area contributed by atoms with E-state index < -0.39 is 0 Å². The van der Waals surface area contributed by atoms with E-state index >= 15 is 0 Å². The summed E-state index contributed by atoms with van der Waals surface area (Å²) in [5.41, 5.74) is 2.37. The summed E-state index contributed by atoms with van der Waals surface area (Å²) in [5, 5.41) is 4.76. The molecular weight excluding hydrogens is 382 g/mol. The van der Waals surface area contributed by atoms with Crippen LogP contribution >= 0.6 is 11.3 Å². The van der Waals surface area contributed by atoms with Gasteiger partial charge in [0.15, 0.2) is 0 Å². The number of carbonyl (C=O) groups excluding carboxylic acids is 2. The molecule has 1 N–H and O–H groups in total. The molecule has 0 unspecified atom stereocenters. The molecule has 1 aliphatic heterocycles. The van der Waals surface area contributed by atoms with Crippen LogP contribution in [0, 0.1) is 11.8 Å². The summed E-state index contributed by atoms with van der Waals surface area (Å²) in [6.07, 6.45) is 1.32. The Morgan fingerprint density at radius 3 is 2.38 bits per heavy atom. The SMILES string of the molecule is C[C@@H]1C[C@H](C)CN(Cc2ccc(CNC(=O)CN(C)C(=O)c3cccs3)cc2)C1. The van der Waals surface area contributed by atoms with Crippen molar-refractivity contribution < 1.29 is 9.59 Å². The maximum Gasteiger partial charge on any atom is 0.264 e. The number of amides is 2. The highest BCUT2D eigenvalue weighted by Gasteiger charge is 2.21. The monoisotopic (exact) mass is 413 g/mol. The first-order chi connectivity index (χ1) is 13.9. The second kappa shape index (κ2) is 10.0. The number of piperidine rings is 1. The molecule has 1 fully saturated rings. The van der Waals surface area contributed by atoms with E-state index in [9.17, 15) is 9.59 Å². The molecule has 0 spiro atoms. The van der Waals surface area contributed by atoms with Crippen molar-refractivity contribution in [1.82, 2.24) is 15.1 Å². The Labute approximate surface area is 177 Å². The summed E-state index contributed by atoms with van der Waals surface area (Å²) < 4.78 is 0. The molecule has 1 aromatic carbocycles. The predicted molar refractivity (Wildman–Crippen MR) is 118 cm³/mol. The highest BCUT2D eigenvalue weighted by Crippen LogP contribution is 2.22. The molecule has 1 aromatic heterocycles. The van der Waals surface area contributed by atoms with Crippen molar-refractivity contribution in [3.8, 4) is 0 Å². The summed E-state index contributed by atoms with van der Waals surface area (Å²) in [7, 11) is 1.65. The van der Waals surface area contributed by atoms with Gasteiger partial charge in [0.25, 0.3) is 5.91 Å². The topological polar surface area (TPSA) is 52.7 Å². The number of hydrogen-bond donors (Lipinski definition) is 1. The van der Waals surface area contributed by atoms with Crippen molar-refractivity contribution in [3.05, 3.63) is 57.8 Å². The van der Waals surface area contributed by atoms with E-state index in [2.05, 4.69) is 48.3 Å². The van der Waals surface area contributed by atoms with Gasteiger partial charge in [0, 0.05) is 33.2 Å². The van der Waals surface area contributed by atoms with Gasteiger partial charge in [-0.15, -0.1) is 11.3 Å². The fraction of sp³-hybridized carbons (Fsp3) is 0.478. The molecule has 5 nitrogen and oxygen atoms in total. The molecule has 2 heterocycles. The molecule has 3 rings (SSSR count). The molecule has 0 saturated carbocycles. The van der Waals surface area contributed by atoms with Crippen LogP contribution in [0.3, 0.4) is 0 Å². The van der Waals surface area contributed by atoms with E-state index in [1.165, 1.54) is 41.3 Å². The van der Waals surface area contributed by atoms with Gasteiger partial charge < -0.3 is 10.2 Å². The minimum atomic E-state index is -0.155. The Bertz CT molecular complexity index is 794. The van der Waals surface area contributed by atoms with Gasteiger partial charge in [-0.3, -0.25) is 14.5 Å². The quantitative estimate of drug-likeness (QED) is 0.754. The van der Waals surface area contributed by atoms with Crippen molar-refractivity contribution in [3.63, 3.8) is 0 Å². The molecule has 0 bridgehead atoms. The first-order valence-electron chi connectivity index (χ1n) is 10.3. The first kappa shape index (κ1) is 21.5. The Hall–Kier alpha value is -2.18. The van der Waals surface area contributed by atoms with E-state index in [1.807, 2.05) is 11.4 Å². The second-order valence-electron chi connectivity index (χ2n) is 8.37. The molecule has 2 atom stereocenters. The fourth-order valence-electron chi connectivity index (χ4n) is 4.07. The number of likely N-dealkylation sites (N-methyl/N-ethyl adjacent to an activating group) is 1. The zero-order chi connectivity index (χ0) is 20.8. The second-order valence-corrected chi connectivity index (χ2v) is 9.32. The Morgan fingerprint density at radius 1 is 1.10 bits per heavy atom. The minimum absolute atomic E-state index is 0.0557. The summed E-state index contributed by atoms with van der Waals surface area (Å²) in [5.74, 6) is 1.25. The third kappa shape index (κ3) is 6.41. The van der Waals surface area contributed by atoms with Gasteiger partial charge in [0.2, 0.25) is 5.91 Å². The van der Waals surface area contributed by atoms with E-state index in [4.69, 9.17) is 0 Å². The van der Waals surface area contributed by atoms with Crippen LogP contribution in [0.25, 0.3) is 0 Å². The van der Waals surface area contributed by atoms with E-state index in [0.717, 1.165) is 23.9 Å². The number of thiophene rings is 1. The number of carbonyl (C=O) groups is 2. The van der Waals surface area contributed by atoms with Crippen LogP contribution in [-0.4, -0.2) is 48.3 Å².